The normalized spacial score (nSPS) is 12.4. The number of aromatic nitrogens is 1. The molecule has 8 heteroatoms. The van der Waals surface area contributed by atoms with Crippen LogP contribution < -0.4 is 9.46 Å². The largest absolute Gasteiger partial charge is 0.497 e. The van der Waals surface area contributed by atoms with Crippen LogP contribution in [0.4, 0.5) is 0 Å². The Hall–Kier alpha value is -1.38. The van der Waals surface area contributed by atoms with Crippen molar-refractivity contribution in [2.45, 2.75) is 37.6 Å². The Bertz CT molecular complexity index is 794. The molecule has 0 saturated carbocycles. The summed E-state index contributed by atoms with van der Waals surface area (Å²) in [5, 5.41) is 3.97. The highest BCUT2D eigenvalue weighted by atomic mass is 79.9. The number of hydrogen-bond acceptors (Lipinski definition) is 5. The zero-order valence-corrected chi connectivity index (χ0v) is 15.8. The lowest BCUT2D eigenvalue weighted by Gasteiger charge is -2.16. The van der Waals surface area contributed by atoms with Crippen LogP contribution in [-0.2, 0) is 22.0 Å². The summed E-state index contributed by atoms with van der Waals surface area (Å²) in [6, 6.07) is 4.78. The summed E-state index contributed by atoms with van der Waals surface area (Å²) in [6.07, 6.45) is 1.46. The van der Waals surface area contributed by atoms with Gasteiger partial charge < -0.3 is 9.26 Å². The Morgan fingerprint density at radius 3 is 2.65 bits per heavy atom. The summed E-state index contributed by atoms with van der Waals surface area (Å²) >= 11 is 3.25. The number of nitrogens with one attached hydrogen (secondary N) is 1. The molecule has 0 saturated heterocycles. The lowest BCUT2D eigenvalue weighted by Crippen LogP contribution is -2.25. The first-order chi connectivity index (χ1) is 10.6. The van der Waals surface area contributed by atoms with Gasteiger partial charge in [0, 0.05) is 28.1 Å². The Balaban J connectivity index is 2.25. The molecule has 1 N–H and O–H groups in total. The van der Waals surface area contributed by atoms with Crippen molar-refractivity contribution < 1.29 is 17.7 Å². The molecule has 1 aromatic heterocycles. The second-order valence-electron chi connectivity index (χ2n) is 6.06. The maximum atomic E-state index is 12.5. The smallest absolute Gasteiger partial charge is 0.242 e. The maximum absolute atomic E-state index is 12.5. The Labute approximate surface area is 144 Å². The van der Waals surface area contributed by atoms with E-state index in [4.69, 9.17) is 9.26 Å². The monoisotopic (exact) mass is 402 g/mol. The summed E-state index contributed by atoms with van der Waals surface area (Å²) in [6.45, 7) is 6.06. The third-order valence-corrected chi connectivity index (χ3v) is 5.63. The van der Waals surface area contributed by atoms with Crippen LogP contribution in [0.3, 0.4) is 0 Å². The minimum absolute atomic E-state index is 0.0993. The van der Waals surface area contributed by atoms with Crippen LogP contribution in [0.25, 0.3) is 0 Å². The first-order valence-electron chi connectivity index (χ1n) is 6.92. The van der Waals surface area contributed by atoms with E-state index in [2.05, 4.69) is 25.8 Å². The maximum Gasteiger partial charge on any atom is 0.242 e. The van der Waals surface area contributed by atoms with Gasteiger partial charge >= 0.3 is 0 Å². The number of methoxy groups -OCH3 is 1. The number of rotatable bonds is 5. The van der Waals surface area contributed by atoms with Gasteiger partial charge in [-0.1, -0.05) is 25.9 Å². The Morgan fingerprint density at radius 1 is 1.35 bits per heavy atom. The number of ether oxygens (including phenoxy) is 1. The van der Waals surface area contributed by atoms with Gasteiger partial charge in [-0.25, -0.2) is 13.1 Å². The predicted octanol–water partition coefficient (Wildman–Crippen LogP) is 3.22. The van der Waals surface area contributed by atoms with Gasteiger partial charge in [-0.05, 0) is 28.1 Å². The molecule has 0 fully saturated rings. The van der Waals surface area contributed by atoms with Crippen molar-refractivity contribution in [1.29, 1.82) is 0 Å². The first kappa shape index (κ1) is 18.0. The molecular weight excluding hydrogens is 384 g/mol. The second kappa shape index (κ2) is 6.62. The molecule has 0 aliphatic rings. The predicted molar refractivity (Wildman–Crippen MR) is 89.9 cm³/mol. The van der Waals surface area contributed by atoms with E-state index in [0.29, 0.717) is 15.8 Å². The lowest BCUT2D eigenvalue weighted by molar-refractivity contribution is 0.393. The van der Waals surface area contributed by atoms with Gasteiger partial charge in [0.05, 0.1) is 17.7 Å². The highest BCUT2D eigenvalue weighted by molar-refractivity contribution is 9.10. The van der Waals surface area contributed by atoms with Gasteiger partial charge in [-0.15, -0.1) is 0 Å². The molecule has 2 rings (SSSR count). The molecule has 0 aliphatic heterocycles. The topological polar surface area (TPSA) is 81.4 Å². The number of halogens is 1. The van der Waals surface area contributed by atoms with E-state index in [1.807, 2.05) is 20.8 Å². The van der Waals surface area contributed by atoms with Gasteiger partial charge in [0.25, 0.3) is 0 Å². The second-order valence-corrected chi connectivity index (χ2v) is 8.65. The van der Waals surface area contributed by atoms with Gasteiger partial charge in [0.1, 0.15) is 12.0 Å². The summed E-state index contributed by atoms with van der Waals surface area (Å²) in [5.41, 5.74) is 1.20. The fourth-order valence-electron chi connectivity index (χ4n) is 2.07. The summed E-state index contributed by atoms with van der Waals surface area (Å²) < 4.78 is 38.2. The van der Waals surface area contributed by atoms with Crippen molar-refractivity contribution in [2.75, 3.05) is 7.11 Å². The molecule has 23 heavy (non-hydrogen) atoms. The highest BCUT2D eigenvalue weighted by Crippen LogP contribution is 2.28. The van der Waals surface area contributed by atoms with Crippen LogP contribution >= 0.6 is 15.9 Å². The van der Waals surface area contributed by atoms with Crippen LogP contribution in [0.15, 0.2) is 38.4 Å². The number of hydrogen-bond donors (Lipinski definition) is 1. The summed E-state index contributed by atoms with van der Waals surface area (Å²) in [5.74, 6) is 0.467. The minimum Gasteiger partial charge on any atom is -0.497 e. The van der Waals surface area contributed by atoms with E-state index >= 15 is 0 Å². The number of nitrogens with zero attached hydrogens (tertiary/aromatic N) is 1. The average Bonchev–Trinajstić information content (AvgIpc) is 2.94. The Kier molecular flexibility index (Phi) is 5.17. The molecule has 0 aliphatic carbocycles. The fraction of sp³-hybridized carbons (Fsp3) is 0.400. The van der Waals surface area contributed by atoms with E-state index in [1.54, 1.807) is 12.1 Å². The molecule has 0 radical (unpaired) electrons. The van der Waals surface area contributed by atoms with Crippen LogP contribution in [-0.4, -0.2) is 20.7 Å². The molecular formula is C15H19BrN2O4S. The fourth-order valence-corrected chi connectivity index (χ4v) is 4.05. The zero-order chi connectivity index (χ0) is 17.3. The number of sulfonamides is 1. The van der Waals surface area contributed by atoms with Crippen LogP contribution in [0, 0.1) is 0 Å². The zero-order valence-electron chi connectivity index (χ0n) is 13.4. The molecule has 0 bridgehead atoms. The van der Waals surface area contributed by atoms with E-state index in [0.717, 1.165) is 5.69 Å². The van der Waals surface area contributed by atoms with Crippen molar-refractivity contribution in [3.05, 3.63) is 40.2 Å². The SMILES string of the molecule is COc1ccc(Br)c(S(=O)(=O)NCc2conc2C(C)(C)C)c1. The van der Waals surface area contributed by atoms with E-state index in [-0.39, 0.29) is 16.9 Å². The molecule has 6 nitrogen and oxygen atoms in total. The third-order valence-electron chi connectivity index (χ3n) is 3.23. The summed E-state index contributed by atoms with van der Waals surface area (Å²) in [4.78, 5) is 0.116. The lowest BCUT2D eigenvalue weighted by atomic mass is 9.90. The van der Waals surface area contributed by atoms with Crippen molar-refractivity contribution in [3.63, 3.8) is 0 Å². The van der Waals surface area contributed by atoms with Gasteiger partial charge in [-0.3, -0.25) is 0 Å². The molecule has 1 heterocycles. The molecule has 126 valence electrons. The third kappa shape index (κ3) is 4.13. The van der Waals surface area contributed by atoms with E-state index < -0.39 is 10.0 Å². The molecule has 0 spiro atoms. The van der Waals surface area contributed by atoms with Crippen molar-refractivity contribution in [1.82, 2.24) is 9.88 Å². The first-order valence-corrected chi connectivity index (χ1v) is 9.19. The highest BCUT2D eigenvalue weighted by Gasteiger charge is 2.24. The molecule has 0 amide bonds. The molecule has 1 aromatic carbocycles. The number of benzene rings is 1. The minimum atomic E-state index is -3.71. The van der Waals surface area contributed by atoms with Crippen LogP contribution in [0.2, 0.25) is 0 Å². The molecule has 0 atom stereocenters. The Morgan fingerprint density at radius 2 is 2.04 bits per heavy atom. The van der Waals surface area contributed by atoms with Gasteiger partial charge in [0.15, 0.2) is 0 Å². The van der Waals surface area contributed by atoms with Gasteiger partial charge in [-0.2, -0.15) is 0 Å². The van der Waals surface area contributed by atoms with Crippen molar-refractivity contribution in [2.24, 2.45) is 0 Å². The van der Waals surface area contributed by atoms with Crippen LogP contribution in [0.1, 0.15) is 32.0 Å². The van der Waals surface area contributed by atoms with Crippen LogP contribution in [0.5, 0.6) is 5.75 Å². The van der Waals surface area contributed by atoms with Gasteiger partial charge in [0.2, 0.25) is 10.0 Å². The van der Waals surface area contributed by atoms with E-state index in [1.165, 1.54) is 19.4 Å². The van der Waals surface area contributed by atoms with Crippen molar-refractivity contribution >= 4 is 26.0 Å². The quantitative estimate of drug-likeness (QED) is 0.829. The van der Waals surface area contributed by atoms with E-state index in [9.17, 15) is 8.42 Å². The standard InChI is InChI=1S/C15H19BrN2O4S/c1-15(2,3)14-10(9-22-18-14)8-17-23(19,20)13-7-11(21-4)5-6-12(13)16/h5-7,9,17H,8H2,1-4H3. The summed E-state index contributed by atoms with van der Waals surface area (Å²) in [7, 11) is -2.22. The molecule has 0 unspecified atom stereocenters. The average molecular weight is 403 g/mol. The molecule has 2 aromatic rings. The van der Waals surface area contributed by atoms with Crippen molar-refractivity contribution in [3.8, 4) is 5.75 Å².